The molecule has 2 aromatic carbocycles. The summed E-state index contributed by atoms with van der Waals surface area (Å²) in [4.78, 5) is 12.1. The van der Waals surface area contributed by atoms with Crippen molar-refractivity contribution < 1.29 is 14.3 Å². The zero-order chi connectivity index (χ0) is 14.8. The van der Waals surface area contributed by atoms with Crippen LogP contribution in [0, 0.1) is 0 Å². The molecule has 0 aromatic heterocycles. The molecular weight excluding hydrogens is 311 g/mol. The van der Waals surface area contributed by atoms with Gasteiger partial charge >= 0.3 is 0 Å². The lowest BCUT2D eigenvalue weighted by Crippen LogP contribution is -1.95. The summed E-state index contributed by atoms with van der Waals surface area (Å²) in [6.07, 6.45) is 3.17. The SMILES string of the molecule is O=C(C=Cc1ccc2c(c1)OCO2)c1ccc(Cl)cc1Cl. The highest BCUT2D eigenvalue weighted by atomic mass is 35.5. The Morgan fingerprint density at radius 3 is 2.67 bits per heavy atom. The van der Waals surface area contributed by atoms with E-state index in [0.717, 1.165) is 5.56 Å². The van der Waals surface area contributed by atoms with Gasteiger partial charge in [0.25, 0.3) is 0 Å². The Kier molecular flexibility index (Phi) is 3.86. The Bertz CT molecular complexity index is 738. The molecule has 3 rings (SSSR count). The van der Waals surface area contributed by atoms with Crippen LogP contribution in [-0.2, 0) is 0 Å². The van der Waals surface area contributed by atoms with Crippen molar-refractivity contribution in [3.05, 3.63) is 63.6 Å². The molecule has 3 nitrogen and oxygen atoms in total. The van der Waals surface area contributed by atoms with E-state index in [1.165, 1.54) is 6.08 Å². The molecule has 0 saturated carbocycles. The second-order valence-electron chi connectivity index (χ2n) is 4.43. The number of halogens is 2. The molecule has 1 aliphatic heterocycles. The third-order valence-corrected chi connectivity index (χ3v) is 3.57. The Morgan fingerprint density at radius 2 is 1.86 bits per heavy atom. The van der Waals surface area contributed by atoms with Crippen molar-refractivity contribution in [1.29, 1.82) is 0 Å². The molecule has 2 aromatic rings. The molecule has 0 bridgehead atoms. The van der Waals surface area contributed by atoms with Crippen LogP contribution in [0.5, 0.6) is 11.5 Å². The van der Waals surface area contributed by atoms with Gasteiger partial charge in [0.2, 0.25) is 6.79 Å². The van der Waals surface area contributed by atoms with Crippen LogP contribution in [0.2, 0.25) is 10.0 Å². The number of carbonyl (C=O) groups is 1. The second-order valence-corrected chi connectivity index (χ2v) is 5.28. The molecule has 0 atom stereocenters. The second kappa shape index (κ2) is 5.80. The maximum Gasteiger partial charge on any atom is 0.231 e. The molecule has 0 spiro atoms. The summed E-state index contributed by atoms with van der Waals surface area (Å²) in [7, 11) is 0. The molecule has 5 heteroatoms. The number of hydrogen-bond acceptors (Lipinski definition) is 3. The number of carbonyl (C=O) groups excluding carboxylic acids is 1. The maximum absolute atomic E-state index is 12.1. The van der Waals surface area contributed by atoms with Gasteiger partial charge in [0.05, 0.1) is 5.02 Å². The minimum absolute atomic E-state index is 0.186. The number of benzene rings is 2. The normalized spacial score (nSPS) is 12.9. The molecular formula is C16H10Cl2O3. The van der Waals surface area contributed by atoms with Gasteiger partial charge in [0, 0.05) is 10.6 Å². The summed E-state index contributed by atoms with van der Waals surface area (Å²) in [6.45, 7) is 0.224. The van der Waals surface area contributed by atoms with Crippen LogP contribution in [-0.4, -0.2) is 12.6 Å². The lowest BCUT2D eigenvalue weighted by atomic mass is 10.1. The molecule has 0 fully saturated rings. The summed E-state index contributed by atoms with van der Waals surface area (Å²) in [5.74, 6) is 1.20. The third kappa shape index (κ3) is 3.04. The van der Waals surface area contributed by atoms with Crippen molar-refractivity contribution in [2.24, 2.45) is 0 Å². The van der Waals surface area contributed by atoms with Gasteiger partial charge in [-0.3, -0.25) is 4.79 Å². The van der Waals surface area contributed by atoms with E-state index in [0.29, 0.717) is 27.1 Å². The summed E-state index contributed by atoms with van der Waals surface area (Å²) in [6, 6.07) is 10.3. The first-order valence-electron chi connectivity index (χ1n) is 6.20. The molecule has 106 valence electrons. The lowest BCUT2D eigenvalue weighted by molar-refractivity contribution is 0.104. The number of allylic oxidation sites excluding steroid dienone is 1. The molecule has 0 amide bonds. The minimum Gasteiger partial charge on any atom is -0.454 e. The van der Waals surface area contributed by atoms with Crippen molar-refractivity contribution in [1.82, 2.24) is 0 Å². The van der Waals surface area contributed by atoms with Crippen LogP contribution in [0.1, 0.15) is 15.9 Å². The van der Waals surface area contributed by atoms with Crippen molar-refractivity contribution in [3.8, 4) is 11.5 Å². The van der Waals surface area contributed by atoms with E-state index in [4.69, 9.17) is 32.7 Å². The average Bonchev–Trinajstić information content (AvgIpc) is 2.92. The molecule has 0 saturated heterocycles. The number of fused-ring (bicyclic) bond motifs is 1. The Labute approximate surface area is 131 Å². The average molecular weight is 321 g/mol. The summed E-state index contributed by atoms with van der Waals surface area (Å²) in [5, 5.41) is 0.833. The van der Waals surface area contributed by atoms with Gasteiger partial charge in [-0.1, -0.05) is 35.3 Å². The van der Waals surface area contributed by atoms with Crippen LogP contribution in [0.3, 0.4) is 0 Å². The van der Waals surface area contributed by atoms with E-state index in [9.17, 15) is 4.79 Å². The van der Waals surface area contributed by atoms with Crippen LogP contribution in [0.25, 0.3) is 6.08 Å². The topological polar surface area (TPSA) is 35.5 Å². The van der Waals surface area contributed by atoms with Crippen molar-refractivity contribution in [2.45, 2.75) is 0 Å². The van der Waals surface area contributed by atoms with Crippen LogP contribution < -0.4 is 9.47 Å². The summed E-state index contributed by atoms with van der Waals surface area (Å²) < 4.78 is 10.5. The van der Waals surface area contributed by atoms with E-state index >= 15 is 0 Å². The van der Waals surface area contributed by atoms with Crippen molar-refractivity contribution in [2.75, 3.05) is 6.79 Å². The first kappa shape index (κ1) is 14.0. The molecule has 0 aliphatic carbocycles. The Balaban J connectivity index is 1.80. The molecule has 0 unspecified atom stereocenters. The zero-order valence-corrected chi connectivity index (χ0v) is 12.3. The summed E-state index contributed by atoms with van der Waals surface area (Å²) in [5.41, 5.74) is 1.26. The van der Waals surface area contributed by atoms with E-state index in [2.05, 4.69) is 0 Å². The first-order valence-corrected chi connectivity index (χ1v) is 6.96. The minimum atomic E-state index is -0.186. The van der Waals surface area contributed by atoms with Crippen LogP contribution in [0.15, 0.2) is 42.5 Å². The first-order chi connectivity index (χ1) is 10.1. The van der Waals surface area contributed by atoms with Crippen molar-refractivity contribution in [3.63, 3.8) is 0 Å². The lowest BCUT2D eigenvalue weighted by Gasteiger charge is -2.01. The highest BCUT2D eigenvalue weighted by Gasteiger charge is 2.12. The van der Waals surface area contributed by atoms with Gasteiger partial charge in [0.1, 0.15) is 0 Å². The smallest absolute Gasteiger partial charge is 0.231 e. The fourth-order valence-corrected chi connectivity index (χ4v) is 2.47. The highest BCUT2D eigenvalue weighted by molar-refractivity contribution is 6.37. The standard InChI is InChI=1S/C16H10Cl2O3/c17-11-3-4-12(13(18)8-11)14(19)5-1-10-2-6-15-16(7-10)21-9-20-15/h1-8H,9H2. The van der Waals surface area contributed by atoms with Crippen LogP contribution >= 0.6 is 23.2 Å². The molecule has 1 aliphatic rings. The largest absolute Gasteiger partial charge is 0.454 e. The fraction of sp³-hybridized carbons (Fsp3) is 0.0625. The van der Waals surface area contributed by atoms with Gasteiger partial charge < -0.3 is 9.47 Å². The number of ether oxygens (including phenoxy) is 2. The van der Waals surface area contributed by atoms with Crippen LogP contribution in [0.4, 0.5) is 0 Å². The van der Waals surface area contributed by atoms with Gasteiger partial charge in [-0.2, -0.15) is 0 Å². The number of hydrogen-bond donors (Lipinski definition) is 0. The predicted octanol–water partition coefficient (Wildman–Crippen LogP) is 4.62. The molecule has 1 heterocycles. The fourth-order valence-electron chi connectivity index (χ4n) is 1.97. The van der Waals surface area contributed by atoms with E-state index in [-0.39, 0.29) is 12.6 Å². The van der Waals surface area contributed by atoms with Gasteiger partial charge in [-0.05, 0) is 42.0 Å². The maximum atomic E-state index is 12.1. The predicted molar refractivity (Wildman–Crippen MR) is 82.4 cm³/mol. The molecule has 21 heavy (non-hydrogen) atoms. The van der Waals surface area contributed by atoms with Crippen molar-refractivity contribution >= 4 is 35.1 Å². The van der Waals surface area contributed by atoms with Gasteiger partial charge in [0.15, 0.2) is 17.3 Å². The van der Waals surface area contributed by atoms with E-state index in [1.807, 2.05) is 18.2 Å². The van der Waals surface area contributed by atoms with Gasteiger partial charge in [-0.25, -0.2) is 0 Å². The number of rotatable bonds is 3. The Morgan fingerprint density at radius 1 is 1.05 bits per heavy atom. The highest BCUT2D eigenvalue weighted by Crippen LogP contribution is 2.32. The van der Waals surface area contributed by atoms with E-state index in [1.54, 1.807) is 24.3 Å². The monoisotopic (exact) mass is 320 g/mol. The zero-order valence-electron chi connectivity index (χ0n) is 10.8. The third-order valence-electron chi connectivity index (χ3n) is 3.02. The molecule has 0 N–H and O–H groups in total. The van der Waals surface area contributed by atoms with Gasteiger partial charge in [-0.15, -0.1) is 0 Å². The summed E-state index contributed by atoms with van der Waals surface area (Å²) >= 11 is 11.8. The quantitative estimate of drug-likeness (QED) is 0.611. The van der Waals surface area contributed by atoms with E-state index < -0.39 is 0 Å². The number of ketones is 1. The Hall–Kier alpha value is -1.97. The molecule has 0 radical (unpaired) electrons.